The molecule has 1 aliphatic heterocycles. The Balaban J connectivity index is 0.00000341. The molecular weight excluding hydrogens is 507 g/mol. The van der Waals surface area contributed by atoms with E-state index < -0.39 is 0 Å². The molecule has 2 N–H and O–H groups in total. The molecule has 168 valence electrons. The number of rotatable bonds is 7. The van der Waals surface area contributed by atoms with Gasteiger partial charge in [-0.15, -0.1) is 24.0 Å². The normalized spacial score (nSPS) is 15.1. The van der Waals surface area contributed by atoms with Crippen molar-refractivity contribution in [2.45, 2.75) is 19.4 Å². The van der Waals surface area contributed by atoms with Gasteiger partial charge in [0.05, 0.1) is 19.2 Å². The van der Waals surface area contributed by atoms with E-state index in [2.05, 4.69) is 21.7 Å². The average Bonchev–Trinajstić information content (AvgIpc) is 2.76. The molecule has 1 heterocycles. The van der Waals surface area contributed by atoms with Crippen molar-refractivity contribution in [2.75, 3.05) is 40.4 Å². The summed E-state index contributed by atoms with van der Waals surface area (Å²) in [4.78, 5) is 18.0. The van der Waals surface area contributed by atoms with Crippen molar-refractivity contribution in [3.63, 3.8) is 0 Å². The Morgan fingerprint density at radius 1 is 1.19 bits per heavy atom. The van der Waals surface area contributed by atoms with Crippen LogP contribution in [-0.2, 0) is 4.79 Å². The number of guanidine groups is 1. The van der Waals surface area contributed by atoms with Crippen LogP contribution in [0.2, 0.25) is 0 Å². The van der Waals surface area contributed by atoms with Crippen LogP contribution < -0.4 is 20.1 Å². The Morgan fingerprint density at radius 2 is 1.94 bits per heavy atom. The zero-order valence-electron chi connectivity index (χ0n) is 18.3. The molecule has 1 aliphatic rings. The fourth-order valence-electron chi connectivity index (χ4n) is 3.07. The van der Waals surface area contributed by atoms with Gasteiger partial charge in [0.25, 0.3) is 0 Å². The molecule has 0 saturated carbocycles. The molecular formula is C23H31IN4O3. The minimum Gasteiger partial charge on any atom is -0.493 e. The summed E-state index contributed by atoms with van der Waals surface area (Å²) < 4.78 is 11.5. The third-order valence-electron chi connectivity index (χ3n) is 4.82. The third kappa shape index (κ3) is 7.61. The highest BCUT2D eigenvalue weighted by atomic mass is 127. The number of aliphatic imine (C=N–C) groups is 1. The Labute approximate surface area is 201 Å². The number of nitrogens with zero attached hydrogens (tertiary/aromatic N) is 2. The molecule has 0 fully saturated rings. The second-order valence-electron chi connectivity index (χ2n) is 7.41. The first-order chi connectivity index (χ1) is 14.5. The summed E-state index contributed by atoms with van der Waals surface area (Å²) in [6.07, 6.45) is 0.819. The zero-order chi connectivity index (χ0) is 21.3. The molecule has 2 aromatic carbocycles. The minimum absolute atomic E-state index is 0. The molecule has 7 nitrogen and oxygen atoms in total. The molecule has 31 heavy (non-hydrogen) atoms. The van der Waals surface area contributed by atoms with Gasteiger partial charge in [-0.3, -0.25) is 4.79 Å². The minimum atomic E-state index is -0.0561. The number of carbonyl (C=O) groups excluding carboxylic acids is 1. The average molecular weight is 538 g/mol. The van der Waals surface area contributed by atoms with E-state index in [-0.39, 0.29) is 42.5 Å². The van der Waals surface area contributed by atoms with Crippen molar-refractivity contribution in [1.29, 1.82) is 0 Å². The Bertz CT molecular complexity index is 871. The zero-order valence-corrected chi connectivity index (χ0v) is 20.6. The van der Waals surface area contributed by atoms with E-state index in [1.807, 2.05) is 49.4 Å². The number of carbonyl (C=O) groups is 1. The quantitative estimate of drug-likeness (QED) is 0.245. The number of ether oxygens (including phenoxy) is 2. The van der Waals surface area contributed by atoms with Crippen LogP contribution in [-0.4, -0.2) is 57.2 Å². The molecule has 1 amide bonds. The van der Waals surface area contributed by atoms with Crippen LogP contribution in [0.3, 0.4) is 0 Å². The van der Waals surface area contributed by atoms with Crippen LogP contribution in [0, 0.1) is 6.92 Å². The molecule has 1 unspecified atom stereocenters. The van der Waals surface area contributed by atoms with Gasteiger partial charge in [-0.25, -0.2) is 4.99 Å². The van der Waals surface area contributed by atoms with Gasteiger partial charge in [0.2, 0.25) is 5.91 Å². The van der Waals surface area contributed by atoms with Crippen molar-refractivity contribution in [2.24, 2.45) is 4.99 Å². The number of amides is 1. The molecule has 8 heteroatoms. The van der Waals surface area contributed by atoms with Crippen molar-refractivity contribution in [1.82, 2.24) is 15.5 Å². The number of likely N-dealkylation sites (N-methyl/N-ethyl adjacent to an activating group) is 1. The van der Waals surface area contributed by atoms with Crippen LogP contribution >= 0.6 is 24.0 Å². The van der Waals surface area contributed by atoms with Gasteiger partial charge in [0, 0.05) is 26.1 Å². The van der Waals surface area contributed by atoms with Gasteiger partial charge < -0.3 is 25.0 Å². The number of nitrogens with one attached hydrogen (secondary N) is 2. The smallest absolute Gasteiger partial charge is 0.243 e. The lowest BCUT2D eigenvalue weighted by atomic mass is 10.0. The standard InChI is InChI=1S/C23H30N4O3.HI/c1-17-8-10-18(11-9-17)29-15-13-24-23(25-16-22(28)27(2)3)26-20-12-14-30-21-7-5-4-6-19(20)21;/h4-11,20H,12-16H2,1-3H3,(H2,24,25,26);1H. The van der Waals surface area contributed by atoms with E-state index in [0.717, 1.165) is 23.5 Å². The molecule has 0 spiro atoms. The van der Waals surface area contributed by atoms with Crippen molar-refractivity contribution >= 4 is 35.8 Å². The highest BCUT2D eigenvalue weighted by Gasteiger charge is 2.22. The lowest BCUT2D eigenvalue weighted by Gasteiger charge is -2.28. The summed E-state index contributed by atoms with van der Waals surface area (Å²) in [5.74, 6) is 2.24. The van der Waals surface area contributed by atoms with Crippen LogP contribution in [0.15, 0.2) is 53.5 Å². The van der Waals surface area contributed by atoms with Gasteiger partial charge in [0.15, 0.2) is 5.96 Å². The summed E-state index contributed by atoms with van der Waals surface area (Å²) in [7, 11) is 3.45. The van der Waals surface area contributed by atoms with E-state index in [9.17, 15) is 4.79 Å². The molecule has 2 aromatic rings. The van der Waals surface area contributed by atoms with E-state index in [0.29, 0.717) is 25.7 Å². The molecule has 0 saturated heterocycles. The lowest BCUT2D eigenvalue weighted by Crippen LogP contribution is -2.43. The molecule has 0 bridgehead atoms. The monoisotopic (exact) mass is 538 g/mol. The third-order valence-corrected chi connectivity index (χ3v) is 4.82. The van der Waals surface area contributed by atoms with Crippen LogP contribution in [0.5, 0.6) is 11.5 Å². The Hall–Kier alpha value is -2.49. The van der Waals surface area contributed by atoms with Crippen molar-refractivity contribution in [3.05, 3.63) is 59.7 Å². The SMILES string of the molecule is Cc1ccc(OCCNC(=NCC(=O)N(C)C)NC2CCOc3ccccc32)cc1.I. The van der Waals surface area contributed by atoms with Crippen molar-refractivity contribution < 1.29 is 14.3 Å². The number of aryl methyl sites for hydroxylation is 1. The lowest BCUT2D eigenvalue weighted by molar-refractivity contribution is -0.127. The highest BCUT2D eigenvalue weighted by molar-refractivity contribution is 14.0. The van der Waals surface area contributed by atoms with Gasteiger partial charge in [-0.2, -0.15) is 0 Å². The molecule has 0 aliphatic carbocycles. The van der Waals surface area contributed by atoms with E-state index in [1.54, 1.807) is 14.1 Å². The van der Waals surface area contributed by atoms with Crippen LogP contribution in [0.4, 0.5) is 0 Å². The number of benzene rings is 2. The first-order valence-electron chi connectivity index (χ1n) is 10.2. The predicted octanol–water partition coefficient (Wildman–Crippen LogP) is 3.14. The number of hydrogen-bond donors (Lipinski definition) is 2. The summed E-state index contributed by atoms with van der Waals surface area (Å²) in [5, 5.41) is 6.72. The molecule has 0 aromatic heterocycles. The second kappa shape index (κ2) is 12.4. The number of halogens is 1. The van der Waals surface area contributed by atoms with Gasteiger partial charge in [-0.1, -0.05) is 35.9 Å². The maximum Gasteiger partial charge on any atom is 0.243 e. The summed E-state index contributed by atoms with van der Waals surface area (Å²) in [5.41, 5.74) is 2.29. The predicted molar refractivity (Wildman–Crippen MR) is 134 cm³/mol. The van der Waals surface area contributed by atoms with Gasteiger partial charge >= 0.3 is 0 Å². The van der Waals surface area contributed by atoms with Crippen LogP contribution in [0.25, 0.3) is 0 Å². The first-order valence-corrected chi connectivity index (χ1v) is 10.2. The van der Waals surface area contributed by atoms with E-state index in [4.69, 9.17) is 9.47 Å². The fraction of sp³-hybridized carbons (Fsp3) is 0.391. The van der Waals surface area contributed by atoms with E-state index >= 15 is 0 Å². The largest absolute Gasteiger partial charge is 0.493 e. The van der Waals surface area contributed by atoms with E-state index in [1.165, 1.54) is 10.5 Å². The van der Waals surface area contributed by atoms with Crippen molar-refractivity contribution in [3.8, 4) is 11.5 Å². The maximum absolute atomic E-state index is 12.0. The fourth-order valence-corrected chi connectivity index (χ4v) is 3.07. The molecule has 3 rings (SSSR count). The number of para-hydroxylation sites is 1. The van der Waals surface area contributed by atoms with Gasteiger partial charge in [0.1, 0.15) is 24.7 Å². The summed E-state index contributed by atoms with van der Waals surface area (Å²) >= 11 is 0. The Kier molecular flexibility index (Phi) is 9.90. The summed E-state index contributed by atoms with van der Waals surface area (Å²) in [6.45, 7) is 3.79. The topological polar surface area (TPSA) is 75.2 Å². The number of hydrogen-bond acceptors (Lipinski definition) is 4. The van der Waals surface area contributed by atoms with Gasteiger partial charge in [-0.05, 0) is 25.1 Å². The molecule has 1 atom stereocenters. The Morgan fingerprint density at radius 3 is 2.68 bits per heavy atom. The first kappa shape index (κ1) is 24.8. The van der Waals surface area contributed by atoms with Crippen LogP contribution in [0.1, 0.15) is 23.6 Å². The highest BCUT2D eigenvalue weighted by Crippen LogP contribution is 2.31. The molecule has 0 radical (unpaired) electrons. The summed E-state index contributed by atoms with van der Waals surface area (Å²) in [6, 6.07) is 16.0. The second-order valence-corrected chi connectivity index (χ2v) is 7.41. The maximum atomic E-state index is 12.0. The number of fused-ring (bicyclic) bond motifs is 1.